The first-order valence-electron chi connectivity index (χ1n) is 9.28. The number of amides is 2. The zero-order valence-electron chi connectivity index (χ0n) is 15.5. The Bertz CT molecular complexity index is 1020. The van der Waals surface area contributed by atoms with Crippen LogP contribution in [-0.4, -0.2) is 35.4 Å². The van der Waals surface area contributed by atoms with Crippen LogP contribution in [0.1, 0.15) is 39.3 Å². The van der Waals surface area contributed by atoms with Gasteiger partial charge in [0.2, 0.25) is 0 Å². The number of aromatic nitrogens is 1. The summed E-state index contributed by atoms with van der Waals surface area (Å²) in [5.74, 6) is -0.456. The number of ether oxygens (including phenoxy) is 1. The molecule has 2 N–H and O–H groups in total. The largest absolute Gasteiger partial charge is 0.376 e. The first-order valence-corrected chi connectivity index (χ1v) is 10.1. The molecule has 0 radical (unpaired) electrons. The third kappa shape index (κ3) is 3.90. The monoisotopic (exact) mass is 395 g/mol. The van der Waals surface area contributed by atoms with Gasteiger partial charge in [0.15, 0.2) is 0 Å². The lowest BCUT2D eigenvalue weighted by Crippen LogP contribution is -2.31. The van der Waals surface area contributed by atoms with Crippen molar-refractivity contribution in [1.29, 1.82) is 0 Å². The van der Waals surface area contributed by atoms with E-state index < -0.39 is 0 Å². The van der Waals surface area contributed by atoms with Gasteiger partial charge in [0, 0.05) is 29.8 Å². The number of nitrogens with zero attached hydrogens (tertiary/aromatic N) is 1. The molecule has 0 unspecified atom stereocenters. The van der Waals surface area contributed by atoms with Crippen LogP contribution in [0.2, 0.25) is 0 Å². The molecule has 1 saturated heterocycles. The minimum Gasteiger partial charge on any atom is -0.376 e. The van der Waals surface area contributed by atoms with Crippen molar-refractivity contribution in [2.75, 3.05) is 18.5 Å². The second-order valence-electron chi connectivity index (χ2n) is 6.86. The summed E-state index contributed by atoms with van der Waals surface area (Å²) >= 11 is 1.30. The van der Waals surface area contributed by atoms with E-state index in [0.717, 1.165) is 35.1 Å². The summed E-state index contributed by atoms with van der Waals surface area (Å²) < 4.78 is 10.8. The van der Waals surface area contributed by atoms with Gasteiger partial charge < -0.3 is 15.4 Å². The van der Waals surface area contributed by atoms with Crippen molar-refractivity contribution < 1.29 is 14.3 Å². The van der Waals surface area contributed by atoms with Gasteiger partial charge in [0.25, 0.3) is 11.8 Å². The van der Waals surface area contributed by atoms with Crippen LogP contribution in [0.3, 0.4) is 0 Å². The van der Waals surface area contributed by atoms with Gasteiger partial charge in [-0.1, -0.05) is 24.3 Å². The molecule has 144 valence electrons. The summed E-state index contributed by atoms with van der Waals surface area (Å²) in [6, 6.07) is 12.9. The summed E-state index contributed by atoms with van der Waals surface area (Å²) in [6.07, 6.45) is 2.09. The minimum atomic E-state index is -0.280. The Morgan fingerprint density at radius 1 is 1.21 bits per heavy atom. The first-order chi connectivity index (χ1) is 13.6. The number of rotatable bonds is 5. The maximum absolute atomic E-state index is 12.7. The maximum atomic E-state index is 12.7. The van der Waals surface area contributed by atoms with Gasteiger partial charge in [-0.25, -0.2) is 0 Å². The van der Waals surface area contributed by atoms with Gasteiger partial charge in [-0.15, -0.1) is 0 Å². The highest BCUT2D eigenvalue weighted by atomic mass is 32.1. The molecule has 1 aliphatic heterocycles. The van der Waals surface area contributed by atoms with E-state index in [2.05, 4.69) is 15.0 Å². The van der Waals surface area contributed by atoms with Gasteiger partial charge in [0.1, 0.15) is 5.69 Å². The van der Waals surface area contributed by atoms with Crippen LogP contribution in [-0.2, 0) is 4.74 Å². The highest BCUT2D eigenvalue weighted by molar-refractivity contribution is 7.13. The molecule has 0 bridgehead atoms. The van der Waals surface area contributed by atoms with Crippen molar-refractivity contribution in [1.82, 2.24) is 9.69 Å². The molecule has 1 aromatic heterocycles. The number of carbonyl (C=O) groups excluding carboxylic acids is 2. The number of hydrogen-bond donors (Lipinski definition) is 2. The molecule has 1 aliphatic rings. The fourth-order valence-corrected chi connectivity index (χ4v) is 4.02. The van der Waals surface area contributed by atoms with Gasteiger partial charge in [-0.2, -0.15) is 4.37 Å². The topological polar surface area (TPSA) is 80.3 Å². The summed E-state index contributed by atoms with van der Waals surface area (Å²) in [7, 11) is 0. The fourth-order valence-electron chi connectivity index (χ4n) is 3.24. The van der Waals surface area contributed by atoms with Crippen LogP contribution < -0.4 is 10.6 Å². The van der Waals surface area contributed by atoms with E-state index in [-0.39, 0.29) is 17.9 Å². The van der Waals surface area contributed by atoms with E-state index in [1.807, 2.05) is 37.3 Å². The minimum absolute atomic E-state index is 0.0894. The van der Waals surface area contributed by atoms with Crippen molar-refractivity contribution in [3.8, 4) is 0 Å². The van der Waals surface area contributed by atoms with E-state index in [1.54, 1.807) is 12.1 Å². The highest BCUT2D eigenvalue weighted by Crippen LogP contribution is 2.24. The van der Waals surface area contributed by atoms with Crippen molar-refractivity contribution in [2.24, 2.45) is 0 Å². The second-order valence-corrected chi connectivity index (χ2v) is 7.66. The molecule has 0 spiro atoms. The highest BCUT2D eigenvalue weighted by Gasteiger charge is 2.18. The first kappa shape index (κ1) is 18.6. The van der Waals surface area contributed by atoms with E-state index in [1.165, 1.54) is 11.5 Å². The van der Waals surface area contributed by atoms with Gasteiger partial charge in [0.05, 0.1) is 10.8 Å². The van der Waals surface area contributed by atoms with Gasteiger partial charge in [-0.05, 0) is 55.1 Å². The standard InChI is InChI=1S/C21H21N3O3S/c1-13-8-9-14(20(25)22-12-15-5-4-10-27-15)11-17(13)23-21(26)19-16-6-2-3-7-18(16)28-24-19/h2-3,6-9,11,15H,4-5,10,12H2,1H3,(H,22,25)(H,23,26)/t15-/m1/s1. The molecule has 2 heterocycles. The number of aryl methyl sites for hydroxylation is 1. The van der Waals surface area contributed by atoms with E-state index in [9.17, 15) is 9.59 Å². The number of carbonyl (C=O) groups is 2. The molecule has 6 nitrogen and oxygen atoms in total. The average Bonchev–Trinajstić information content (AvgIpc) is 3.37. The summed E-state index contributed by atoms with van der Waals surface area (Å²) in [6.45, 7) is 3.15. The lowest BCUT2D eigenvalue weighted by Gasteiger charge is -2.13. The van der Waals surface area contributed by atoms with Gasteiger partial charge >= 0.3 is 0 Å². The third-order valence-electron chi connectivity index (χ3n) is 4.85. The van der Waals surface area contributed by atoms with Crippen LogP contribution in [0.25, 0.3) is 10.1 Å². The molecule has 0 aliphatic carbocycles. The molecule has 1 fully saturated rings. The SMILES string of the molecule is Cc1ccc(C(=O)NC[C@H]2CCCO2)cc1NC(=O)c1nsc2ccccc12. The normalized spacial score (nSPS) is 16.2. The van der Waals surface area contributed by atoms with Crippen molar-refractivity contribution in [2.45, 2.75) is 25.9 Å². The third-order valence-corrected chi connectivity index (χ3v) is 5.68. The maximum Gasteiger partial charge on any atom is 0.276 e. The van der Waals surface area contributed by atoms with E-state index in [4.69, 9.17) is 4.74 Å². The second kappa shape index (κ2) is 8.08. The smallest absolute Gasteiger partial charge is 0.276 e. The molecule has 0 saturated carbocycles. The number of nitrogens with one attached hydrogen (secondary N) is 2. The van der Waals surface area contributed by atoms with Crippen LogP contribution in [0.15, 0.2) is 42.5 Å². The molecule has 7 heteroatoms. The Hall–Kier alpha value is -2.77. The molecule has 28 heavy (non-hydrogen) atoms. The lowest BCUT2D eigenvalue weighted by molar-refractivity contribution is 0.0857. The number of anilines is 1. The Morgan fingerprint density at radius 2 is 2.07 bits per heavy atom. The number of fused-ring (bicyclic) bond motifs is 1. The van der Waals surface area contributed by atoms with E-state index in [0.29, 0.717) is 23.5 Å². The van der Waals surface area contributed by atoms with Gasteiger partial charge in [-0.3, -0.25) is 9.59 Å². The van der Waals surface area contributed by atoms with E-state index >= 15 is 0 Å². The Balaban J connectivity index is 1.49. The molecular formula is C21H21N3O3S. The summed E-state index contributed by atoms with van der Waals surface area (Å²) in [4.78, 5) is 25.2. The summed E-state index contributed by atoms with van der Waals surface area (Å²) in [5, 5.41) is 6.63. The van der Waals surface area contributed by atoms with Crippen molar-refractivity contribution in [3.63, 3.8) is 0 Å². The zero-order valence-corrected chi connectivity index (χ0v) is 16.3. The van der Waals surface area contributed by atoms with Crippen LogP contribution in [0, 0.1) is 6.92 Å². The quantitative estimate of drug-likeness (QED) is 0.689. The fraction of sp³-hybridized carbons (Fsp3) is 0.286. The van der Waals surface area contributed by atoms with Crippen LogP contribution in [0.5, 0.6) is 0 Å². The molecule has 2 amide bonds. The molecule has 3 aromatic rings. The Morgan fingerprint density at radius 3 is 2.89 bits per heavy atom. The Kier molecular flexibility index (Phi) is 5.36. The van der Waals surface area contributed by atoms with Crippen molar-refractivity contribution >= 4 is 39.1 Å². The average molecular weight is 395 g/mol. The predicted molar refractivity (Wildman–Crippen MR) is 110 cm³/mol. The zero-order chi connectivity index (χ0) is 19.5. The Labute approximate surface area is 167 Å². The number of hydrogen-bond acceptors (Lipinski definition) is 5. The van der Waals surface area contributed by atoms with Crippen LogP contribution >= 0.6 is 11.5 Å². The molecule has 4 rings (SSSR count). The molecule has 2 aromatic carbocycles. The molecular weight excluding hydrogens is 374 g/mol. The van der Waals surface area contributed by atoms with Crippen LogP contribution in [0.4, 0.5) is 5.69 Å². The summed E-state index contributed by atoms with van der Waals surface area (Å²) in [5.41, 5.74) is 2.38. The predicted octanol–water partition coefficient (Wildman–Crippen LogP) is 3.77. The van der Waals surface area contributed by atoms with Crippen molar-refractivity contribution in [3.05, 3.63) is 59.3 Å². The number of benzene rings is 2. The lowest BCUT2D eigenvalue weighted by atomic mass is 10.1. The molecule has 1 atom stereocenters.